The second kappa shape index (κ2) is 16.4. The third-order valence-corrected chi connectivity index (χ3v) is 11.2. The van der Waals surface area contributed by atoms with Crippen LogP contribution >= 0.6 is 0 Å². The normalized spacial score (nSPS) is 15.2. The first-order chi connectivity index (χ1) is 28.5. The summed E-state index contributed by atoms with van der Waals surface area (Å²) < 4.78 is 0. The molecule has 0 atom stereocenters. The zero-order valence-corrected chi connectivity index (χ0v) is 33.4. The van der Waals surface area contributed by atoms with Crippen LogP contribution in [0, 0.1) is 13.8 Å². The largest absolute Gasteiger partial charge is 0.258 e. The monoisotopic (exact) mass is 750 g/mol. The van der Waals surface area contributed by atoms with Crippen molar-refractivity contribution in [2.45, 2.75) is 52.9 Å². The van der Waals surface area contributed by atoms with E-state index in [-0.39, 0.29) is 0 Å². The predicted octanol–water partition coefficient (Wildman–Crippen LogP) is 13.8. The molecule has 3 aliphatic carbocycles. The van der Waals surface area contributed by atoms with Gasteiger partial charge in [0.05, 0.1) is 0 Å². The van der Waals surface area contributed by atoms with Gasteiger partial charge in [-0.25, -0.2) is 15.0 Å². The molecule has 0 aliphatic heterocycles. The average molecular weight is 751 g/mol. The van der Waals surface area contributed by atoms with Crippen LogP contribution in [0.2, 0.25) is 0 Å². The fourth-order valence-corrected chi connectivity index (χ4v) is 8.26. The van der Waals surface area contributed by atoms with Crippen LogP contribution < -0.4 is 0 Å². The molecule has 0 bridgehead atoms. The van der Waals surface area contributed by atoms with Gasteiger partial charge in [-0.2, -0.15) is 0 Å². The molecule has 4 nitrogen and oxygen atoms in total. The minimum absolute atomic E-state index is 0.668. The topological polar surface area (TPSA) is 51.6 Å². The van der Waals surface area contributed by atoms with Gasteiger partial charge in [0.25, 0.3) is 0 Å². The highest BCUT2D eigenvalue weighted by molar-refractivity contribution is 5.98. The minimum Gasteiger partial charge on any atom is -0.258 e. The van der Waals surface area contributed by atoms with Gasteiger partial charge in [0, 0.05) is 22.5 Å². The number of hydrogen-bond donors (Lipinski definition) is 0. The summed E-state index contributed by atoms with van der Waals surface area (Å²) in [5.74, 6) is 2.10. The number of aromatic nitrogens is 4. The van der Waals surface area contributed by atoms with E-state index >= 15 is 0 Å². The van der Waals surface area contributed by atoms with Gasteiger partial charge in [-0.05, 0) is 138 Å². The zero-order valence-electron chi connectivity index (χ0n) is 33.4. The van der Waals surface area contributed by atoms with Crippen LogP contribution in [0.3, 0.4) is 0 Å². The Labute approximate surface area is 342 Å². The van der Waals surface area contributed by atoms with Crippen LogP contribution in [0.1, 0.15) is 73.2 Å². The Balaban J connectivity index is 1.23. The highest BCUT2D eigenvalue weighted by atomic mass is 15.0. The SMILES string of the molecule is CC1=CC=C(c2c(-c3ccccc3)cc(-c3cccc(-c4nc(C5=CC=CCC5)nc(C5=C(c6ccc(C)nc6C)CCC=C5)n4)c3)cc2-c2ccccc2)C=CC1. The maximum absolute atomic E-state index is 5.28. The maximum atomic E-state index is 5.28. The van der Waals surface area contributed by atoms with Crippen LogP contribution in [0.15, 0.2) is 169 Å². The van der Waals surface area contributed by atoms with Gasteiger partial charge in [-0.1, -0.05) is 145 Å². The number of rotatable bonds is 8. The van der Waals surface area contributed by atoms with Crippen molar-refractivity contribution in [3.63, 3.8) is 0 Å². The molecule has 0 radical (unpaired) electrons. The van der Waals surface area contributed by atoms with E-state index in [0.717, 1.165) is 82.7 Å². The lowest BCUT2D eigenvalue weighted by Crippen LogP contribution is -2.08. The number of nitrogens with zero attached hydrogens (tertiary/aromatic N) is 4. The molecule has 0 N–H and O–H groups in total. The van der Waals surface area contributed by atoms with Gasteiger partial charge >= 0.3 is 0 Å². The summed E-state index contributed by atoms with van der Waals surface area (Å²) in [4.78, 5) is 20.5. The molecule has 0 spiro atoms. The van der Waals surface area contributed by atoms with Gasteiger partial charge in [-0.3, -0.25) is 4.98 Å². The lowest BCUT2D eigenvalue weighted by atomic mass is 9.84. The number of hydrogen-bond acceptors (Lipinski definition) is 4. The first-order valence-electron chi connectivity index (χ1n) is 20.4. The van der Waals surface area contributed by atoms with E-state index in [1.807, 2.05) is 6.92 Å². The zero-order chi connectivity index (χ0) is 39.4. The molecule has 0 fully saturated rings. The van der Waals surface area contributed by atoms with Crippen molar-refractivity contribution in [2.24, 2.45) is 0 Å². The third kappa shape index (κ3) is 7.66. The first kappa shape index (κ1) is 36.8. The van der Waals surface area contributed by atoms with Crippen LogP contribution in [0.4, 0.5) is 0 Å². The molecule has 58 heavy (non-hydrogen) atoms. The van der Waals surface area contributed by atoms with Crippen molar-refractivity contribution in [3.05, 3.63) is 204 Å². The molecule has 0 amide bonds. The van der Waals surface area contributed by atoms with E-state index in [0.29, 0.717) is 11.6 Å². The highest BCUT2D eigenvalue weighted by Crippen LogP contribution is 2.43. The van der Waals surface area contributed by atoms with Crippen LogP contribution in [-0.2, 0) is 0 Å². The summed E-state index contributed by atoms with van der Waals surface area (Å²) in [6.07, 6.45) is 24.7. The third-order valence-electron chi connectivity index (χ3n) is 11.2. The van der Waals surface area contributed by atoms with Crippen LogP contribution in [-0.4, -0.2) is 19.9 Å². The Hall–Kier alpha value is -6.78. The number of pyridine rings is 1. The summed E-state index contributed by atoms with van der Waals surface area (Å²) in [7, 11) is 0. The van der Waals surface area contributed by atoms with E-state index < -0.39 is 0 Å². The summed E-state index contributed by atoms with van der Waals surface area (Å²) in [6, 6.07) is 39.3. The second-order valence-electron chi connectivity index (χ2n) is 15.4. The van der Waals surface area contributed by atoms with Gasteiger partial charge in [0.1, 0.15) is 0 Å². The van der Waals surface area contributed by atoms with Crippen molar-refractivity contribution >= 4 is 22.3 Å². The molecular formula is C54H46N4. The Kier molecular flexibility index (Phi) is 10.4. The van der Waals surface area contributed by atoms with E-state index in [4.69, 9.17) is 19.9 Å². The van der Waals surface area contributed by atoms with Gasteiger partial charge in [-0.15, -0.1) is 0 Å². The molecular weight excluding hydrogens is 705 g/mol. The standard InChI is InChI=1S/C54H46N4/c1-36-17-15-24-41(31-29-36)51-49(39-18-7-4-8-19-39)34-45(35-50(51)40-20-9-5-10-21-40)43-25-16-26-44(33-43)53-56-52(42-22-11-6-12-23-42)57-54(58-53)48-28-14-13-27-47(48)46-32-30-37(2)55-38(46)3/h4-11,14-16,18-22,24-26,28-35H,12-13,17,23,27H2,1-3H3. The van der Waals surface area contributed by atoms with Gasteiger partial charge < -0.3 is 0 Å². The van der Waals surface area contributed by atoms with E-state index in [2.05, 4.69) is 178 Å². The van der Waals surface area contributed by atoms with Gasteiger partial charge in [0.15, 0.2) is 17.5 Å². The summed E-state index contributed by atoms with van der Waals surface area (Å²) in [5, 5.41) is 0. The molecule has 2 heterocycles. The first-order valence-corrected chi connectivity index (χ1v) is 20.4. The molecule has 9 rings (SSSR count). The fourth-order valence-electron chi connectivity index (χ4n) is 8.26. The van der Waals surface area contributed by atoms with Crippen molar-refractivity contribution in [1.82, 2.24) is 19.9 Å². The van der Waals surface area contributed by atoms with E-state index in [1.165, 1.54) is 44.5 Å². The molecule has 282 valence electrons. The molecule has 2 aromatic heterocycles. The maximum Gasteiger partial charge on any atom is 0.164 e. The second-order valence-corrected chi connectivity index (χ2v) is 15.4. The number of aryl methyl sites for hydroxylation is 2. The molecule has 4 aromatic carbocycles. The van der Waals surface area contributed by atoms with Gasteiger partial charge in [0.2, 0.25) is 0 Å². The summed E-state index contributed by atoms with van der Waals surface area (Å²) >= 11 is 0. The summed E-state index contributed by atoms with van der Waals surface area (Å²) in [6.45, 7) is 6.34. The van der Waals surface area contributed by atoms with Crippen LogP contribution in [0.25, 0.3) is 67.1 Å². The molecule has 0 unspecified atom stereocenters. The molecule has 3 aliphatic rings. The molecule has 0 saturated carbocycles. The van der Waals surface area contributed by atoms with Crippen LogP contribution in [0.5, 0.6) is 0 Å². The Morgan fingerprint density at radius 3 is 1.90 bits per heavy atom. The molecule has 6 aromatic rings. The summed E-state index contributed by atoms with van der Waals surface area (Å²) in [5.41, 5.74) is 18.3. The Morgan fingerprint density at radius 1 is 0.483 bits per heavy atom. The Morgan fingerprint density at radius 2 is 1.17 bits per heavy atom. The van der Waals surface area contributed by atoms with Crippen molar-refractivity contribution in [3.8, 4) is 44.8 Å². The Bertz CT molecular complexity index is 2700. The minimum atomic E-state index is 0.668. The van der Waals surface area contributed by atoms with Crippen molar-refractivity contribution in [1.29, 1.82) is 0 Å². The fraction of sp³-hybridized carbons (Fsp3) is 0.148. The van der Waals surface area contributed by atoms with Crippen molar-refractivity contribution < 1.29 is 0 Å². The van der Waals surface area contributed by atoms with Crippen molar-refractivity contribution in [2.75, 3.05) is 0 Å². The molecule has 0 saturated heterocycles. The number of allylic oxidation sites excluding steroid dienone is 14. The smallest absolute Gasteiger partial charge is 0.164 e. The lowest BCUT2D eigenvalue weighted by molar-refractivity contribution is 0.954. The highest BCUT2D eigenvalue weighted by Gasteiger charge is 2.22. The molecule has 4 heteroatoms. The quantitative estimate of drug-likeness (QED) is 0.155. The predicted molar refractivity (Wildman–Crippen MR) is 242 cm³/mol. The van der Waals surface area contributed by atoms with E-state index in [9.17, 15) is 0 Å². The lowest BCUT2D eigenvalue weighted by Gasteiger charge is -2.20. The van der Waals surface area contributed by atoms with E-state index in [1.54, 1.807) is 0 Å². The average Bonchev–Trinajstić information content (AvgIpc) is 3.50. The number of benzene rings is 4.